The van der Waals surface area contributed by atoms with Gasteiger partial charge in [-0.05, 0) is 24.5 Å². The summed E-state index contributed by atoms with van der Waals surface area (Å²) in [6.07, 6.45) is 0.755. The fraction of sp³-hybridized carbons (Fsp3) is 0.478. The van der Waals surface area contributed by atoms with Crippen LogP contribution in [0.25, 0.3) is 0 Å². The van der Waals surface area contributed by atoms with Gasteiger partial charge in [0.2, 0.25) is 5.91 Å². The van der Waals surface area contributed by atoms with Crippen molar-refractivity contribution in [3.05, 3.63) is 52.8 Å². The summed E-state index contributed by atoms with van der Waals surface area (Å²) >= 11 is 0. The van der Waals surface area contributed by atoms with Crippen LogP contribution in [-0.4, -0.2) is 88.6 Å². The lowest BCUT2D eigenvalue weighted by atomic mass is 10.1. The first kappa shape index (κ1) is 22.0. The average Bonchev–Trinajstić information content (AvgIpc) is 3.17. The number of fused-ring (bicyclic) bond motifs is 1. The average molecular weight is 440 g/mol. The SMILES string of the molecule is Cc1ccccc1CN1CCCn2nc(C(=O)N(C)CC(=O)N3CCOCC3)cc2C1=O. The molecule has 0 unspecified atom stereocenters. The lowest BCUT2D eigenvalue weighted by molar-refractivity contribution is -0.135. The molecule has 0 atom stereocenters. The van der Waals surface area contributed by atoms with Crippen LogP contribution >= 0.6 is 0 Å². The van der Waals surface area contributed by atoms with E-state index in [0.29, 0.717) is 51.6 Å². The fourth-order valence-electron chi connectivity index (χ4n) is 4.07. The third kappa shape index (κ3) is 4.67. The molecule has 0 spiro atoms. The minimum Gasteiger partial charge on any atom is -0.378 e. The fourth-order valence-corrected chi connectivity index (χ4v) is 4.07. The molecule has 0 N–H and O–H groups in total. The van der Waals surface area contributed by atoms with Crippen molar-refractivity contribution in [2.45, 2.75) is 26.4 Å². The highest BCUT2D eigenvalue weighted by atomic mass is 16.5. The molecule has 0 saturated carbocycles. The Morgan fingerprint density at radius 1 is 1.12 bits per heavy atom. The zero-order valence-electron chi connectivity index (χ0n) is 18.6. The van der Waals surface area contributed by atoms with Gasteiger partial charge in [0.25, 0.3) is 11.8 Å². The molecule has 4 rings (SSSR count). The van der Waals surface area contributed by atoms with Crippen molar-refractivity contribution in [2.75, 3.05) is 46.4 Å². The number of aromatic nitrogens is 2. The van der Waals surface area contributed by atoms with Crippen molar-refractivity contribution in [2.24, 2.45) is 0 Å². The molecule has 0 bridgehead atoms. The summed E-state index contributed by atoms with van der Waals surface area (Å²) in [6, 6.07) is 9.57. The second-order valence-corrected chi connectivity index (χ2v) is 8.30. The Kier molecular flexibility index (Phi) is 6.55. The molecule has 170 valence electrons. The van der Waals surface area contributed by atoms with Crippen LogP contribution in [0, 0.1) is 6.92 Å². The molecule has 3 amide bonds. The van der Waals surface area contributed by atoms with Crippen molar-refractivity contribution in [3.8, 4) is 0 Å². The Bertz CT molecular complexity index is 1010. The minimum absolute atomic E-state index is 0.0334. The van der Waals surface area contributed by atoms with Crippen molar-refractivity contribution >= 4 is 17.7 Å². The quantitative estimate of drug-likeness (QED) is 0.698. The van der Waals surface area contributed by atoms with Crippen molar-refractivity contribution in [1.82, 2.24) is 24.5 Å². The maximum Gasteiger partial charge on any atom is 0.274 e. The molecule has 9 nitrogen and oxygen atoms in total. The van der Waals surface area contributed by atoms with Crippen LogP contribution in [0.4, 0.5) is 0 Å². The first-order chi connectivity index (χ1) is 15.4. The molecular formula is C23H29N5O4. The van der Waals surface area contributed by atoms with Crippen LogP contribution in [0.3, 0.4) is 0 Å². The topological polar surface area (TPSA) is 88.0 Å². The highest BCUT2D eigenvalue weighted by Gasteiger charge is 2.28. The predicted octanol–water partition coefficient (Wildman–Crippen LogP) is 1.17. The summed E-state index contributed by atoms with van der Waals surface area (Å²) in [5.74, 6) is -0.625. The van der Waals surface area contributed by atoms with Crippen molar-refractivity contribution in [3.63, 3.8) is 0 Å². The van der Waals surface area contributed by atoms with Crippen LogP contribution in [0.1, 0.15) is 38.5 Å². The highest BCUT2D eigenvalue weighted by molar-refractivity contribution is 5.99. The van der Waals surface area contributed by atoms with Gasteiger partial charge in [-0.2, -0.15) is 5.10 Å². The summed E-state index contributed by atoms with van der Waals surface area (Å²) in [6.45, 7) is 5.81. The Morgan fingerprint density at radius 3 is 2.62 bits per heavy atom. The molecule has 1 fully saturated rings. The van der Waals surface area contributed by atoms with E-state index in [1.807, 2.05) is 36.1 Å². The minimum atomic E-state index is -0.370. The van der Waals surface area contributed by atoms with Gasteiger partial charge in [-0.25, -0.2) is 0 Å². The monoisotopic (exact) mass is 439 g/mol. The van der Waals surface area contributed by atoms with Gasteiger partial charge in [-0.3, -0.25) is 19.1 Å². The molecule has 1 saturated heterocycles. The van der Waals surface area contributed by atoms with E-state index in [4.69, 9.17) is 4.74 Å². The van der Waals surface area contributed by atoms with E-state index in [2.05, 4.69) is 5.10 Å². The predicted molar refractivity (Wildman–Crippen MR) is 117 cm³/mol. The van der Waals surface area contributed by atoms with Gasteiger partial charge >= 0.3 is 0 Å². The molecule has 32 heavy (non-hydrogen) atoms. The van der Waals surface area contributed by atoms with Gasteiger partial charge < -0.3 is 19.4 Å². The summed E-state index contributed by atoms with van der Waals surface area (Å²) in [4.78, 5) is 43.5. The highest BCUT2D eigenvalue weighted by Crippen LogP contribution is 2.19. The third-order valence-corrected chi connectivity index (χ3v) is 6.01. The zero-order chi connectivity index (χ0) is 22.7. The zero-order valence-corrected chi connectivity index (χ0v) is 18.6. The Morgan fingerprint density at radius 2 is 1.88 bits per heavy atom. The summed E-state index contributed by atoms with van der Waals surface area (Å²) in [5.41, 5.74) is 2.84. The van der Waals surface area contributed by atoms with E-state index >= 15 is 0 Å². The second kappa shape index (κ2) is 9.52. The van der Waals surface area contributed by atoms with E-state index in [0.717, 1.165) is 17.5 Å². The maximum atomic E-state index is 13.2. The summed E-state index contributed by atoms with van der Waals surface area (Å²) in [7, 11) is 1.58. The van der Waals surface area contributed by atoms with Crippen LogP contribution < -0.4 is 0 Å². The molecule has 0 radical (unpaired) electrons. The molecule has 2 aliphatic heterocycles. The third-order valence-electron chi connectivity index (χ3n) is 6.01. The smallest absolute Gasteiger partial charge is 0.274 e. The Hall–Kier alpha value is -3.20. The number of aryl methyl sites for hydroxylation is 2. The number of ether oxygens (including phenoxy) is 1. The second-order valence-electron chi connectivity index (χ2n) is 8.30. The standard InChI is InChI=1S/C23H29N5O4/c1-17-6-3-4-7-18(17)15-27-8-5-9-28-20(23(27)31)14-19(24-28)22(30)25(2)16-21(29)26-10-12-32-13-11-26/h3-4,6-7,14H,5,8-13,15-16H2,1-2H3. The maximum absolute atomic E-state index is 13.2. The number of hydrogen-bond acceptors (Lipinski definition) is 5. The Labute approximate surface area is 187 Å². The van der Waals surface area contributed by atoms with Crippen LogP contribution in [0.2, 0.25) is 0 Å². The molecule has 2 aromatic rings. The van der Waals surface area contributed by atoms with Gasteiger partial charge in [0.15, 0.2) is 5.69 Å². The van der Waals surface area contributed by atoms with Gasteiger partial charge in [-0.15, -0.1) is 0 Å². The number of likely N-dealkylation sites (N-methyl/N-ethyl adjacent to an activating group) is 1. The Balaban J connectivity index is 1.46. The molecule has 9 heteroatoms. The van der Waals surface area contributed by atoms with E-state index in [9.17, 15) is 14.4 Å². The van der Waals surface area contributed by atoms with Gasteiger partial charge in [0, 0.05) is 45.8 Å². The number of amides is 3. The van der Waals surface area contributed by atoms with E-state index in [1.165, 1.54) is 4.90 Å². The molecular weight excluding hydrogens is 410 g/mol. The van der Waals surface area contributed by atoms with Crippen molar-refractivity contribution < 1.29 is 19.1 Å². The summed E-state index contributed by atoms with van der Waals surface area (Å²) in [5, 5.41) is 4.39. The number of nitrogens with zero attached hydrogens (tertiary/aromatic N) is 5. The van der Waals surface area contributed by atoms with E-state index < -0.39 is 0 Å². The van der Waals surface area contributed by atoms with Gasteiger partial charge in [0.1, 0.15) is 5.69 Å². The van der Waals surface area contributed by atoms with Gasteiger partial charge in [-0.1, -0.05) is 24.3 Å². The lowest BCUT2D eigenvalue weighted by Crippen LogP contribution is -2.46. The van der Waals surface area contributed by atoms with Crippen LogP contribution in [0.5, 0.6) is 0 Å². The number of hydrogen-bond donors (Lipinski definition) is 0. The molecule has 1 aromatic heterocycles. The first-order valence-corrected chi connectivity index (χ1v) is 11.0. The number of benzene rings is 1. The molecule has 3 heterocycles. The summed E-state index contributed by atoms with van der Waals surface area (Å²) < 4.78 is 6.88. The molecule has 2 aliphatic rings. The van der Waals surface area contributed by atoms with Gasteiger partial charge in [0.05, 0.1) is 19.8 Å². The van der Waals surface area contributed by atoms with E-state index in [1.54, 1.807) is 22.7 Å². The molecule has 1 aromatic carbocycles. The van der Waals surface area contributed by atoms with Crippen LogP contribution in [0.15, 0.2) is 30.3 Å². The number of rotatable bonds is 5. The number of morpholine rings is 1. The van der Waals surface area contributed by atoms with E-state index in [-0.39, 0.29) is 30.0 Å². The van der Waals surface area contributed by atoms with Crippen molar-refractivity contribution in [1.29, 1.82) is 0 Å². The normalized spacial score (nSPS) is 16.5. The first-order valence-electron chi connectivity index (χ1n) is 11.0. The lowest BCUT2D eigenvalue weighted by Gasteiger charge is -2.28. The molecule has 0 aliphatic carbocycles. The number of carbonyl (C=O) groups is 3. The van der Waals surface area contributed by atoms with Crippen LogP contribution in [-0.2, 0) is 22.6 Å². The number of carbonyl (C=O) groups excluding carboxylic acids is 3. The largest absolute Gasteiger partial charge is 0.378 e.